The van der Waals surface area contributed by atoms with Crippen molar-refractivity contribution in [3.8, 4) is 0 Å². The zero-order valence-electron chi connectivity index (χ0n) is 10.0. The van der Waals surface area contributed by atoms with Gasteiger partial charge in [0.15, 0.2) is 0 Å². The van der Waals surface area contributed by atoms with Crippen LogP contribution in [0.4, 0.5) is 0 Å². The van der Waals surface area contributed by atoms with E-state index in [1.54, 1.807) is 4.90 Å². The average molecular weight is 300 g/mol. The molecule has 0 aromatic heterocycles. The van der Waals surface area contributed by atoms with Crippen molar-refractivity contribution in [1.29, 1.82) is 0 Å². The molecule has 1 rings (SSSR count). The number of halogens is 1. The van der Waals surface area contributed by atoms with Crippen LogP contribution in [-0.2, 0) is 11.2 Å². The first-order chi connectivity index (χ1) is 8.17. The van der Waals surface area contributed by atoms with Gasteiger partial charge in [0.05, 0.1) is 13.0 Å². The van der Waals surface area contributed by atoms with Crippen LogP contribution in [0.3, 0.4) is 0 Å². The van der Waals surface area contributed by atoms with Gasteiger partial charge in [-0.3, -0.25) is 4.79 Å². The summed E-state index contributed by atoms with van der Waals surface area (Å²) >= 11 is 3.39. The van der Waals surface area contributed by atoms with E-state index in [0.29, 0.717) is 19.5 Å². The lowest BCUT2D eigenvalue weighted by molar-refractivity contribution is -0.131. The molecule has 0 saturated heterocycles. The summed E-state index contributed by atoms with van der Waals surface area (Å²) in [7, 11) is 0. The molecule has 0 aliphatic carbocycles. The Bertz CT molecular complexity index is 362. The molecule has 0 aliphatic rings. The number of hydrogen-bond acceptors (Lipinski definition) is 2. The van der Waals surface area contributed by atoms with Crippen LogP contribution in [0, 0.1) is 0 Å². The Morgan fingerprint density at radius 3 is 2.76 bits per heavy atom. The maximum atomic E-state index is 12.0. The number of nitrogens with zero attached hydrogens (tertiary/aromatic N) is 1. The molecule has 0 bridgehead atoms. The van der Waals surface area contributed by atoms with Crippen LogP contribution >= 0.6 is 15.9 Å². The van der Waals surface area contributed by atoms with Crippen LogP contribution in [0.5, 0.6) is 0 Å². The minimum Gasteiger partial charge on any atom is -0.395 e. The lowest BCUT2D eigenvalue weighted by atomic mass is 10.1. The normalized spacial score (nSPS) is 10.3. The Morgan fingerprint density at radius 1 is 1.41 bits per heavy atom. The molecule has 1 N–H and O–H groups in total. The van der Waals surface area contributed by atoms with Gasteiger partial charge in [0.1, 0.15) is 0 Å². The fourth-order valence-corrected chi connectivity index (χ4v) is 2.13. The molecular weight excluding hydrogens is 282 g/mol. The van der Waals surface area contributed by atoms with Crippen LogP contribution in [0.15, 0.2) is 28.7 Å². The molecule has 0 radical (unpaired) electrons. The van der Waals surface area contributed by atoms with E-state index in [4.69, 9.17) is 5.11 Å². The fraction of sp³-hybridized carbons (Fsp3) is 0.462. The number of aliphatic hydroxyl groups is 1. The lowest BCUT2D eigenvalue weighted by Gasteiger charge is -2.21. The van der Waals surface area contributed by atoms with Crippen molar-refractivity contribution in [2.45, 2.75) is 19.8 Å². The van der Waals surface area contributed by atoms with Crippen molar-refractivity contribution >= 4 is 21.8 Å². The third-order valence-corrected chi connectivity index (χ3v) is 2.95. The van der Waals surface area contributed by atoms with Gasteiger partial charge in [0.2, 0.25) is 5.91 Å². The van der Waals surface area contributed by atoms with Crippen LogP contribution in [0.2, 0.25) is 0 Å². The van der Waals surface area contributed by atoms with Gasteiger partial charge in [-0.25, -0.2) is 0 Å². The van der Waals surface area contributed by atoms with E-state index in [2.05, 4.69) is 15.9 Å². The van der Waals surface area contributed by atoms with Crippen molar-refractivity contribution in [3.05, 3.63) is 34.3 Å². The molecule has 4 heteroatoms. The van der Waals surface area contributed by atoms with Gasteiger partial charge in [0.25, 0.3) is 0 Å². The van der Waals surface area contributed by atoms with Gasteiger partial charge in [0, 0.05) is 17.6 Å². The van der Waals surface area contributed by atoms with E-state index in [-0.39, 0.29) is 12.5 Å². The molecule has 0 saturated carbocycles. The summed E-state index contributed by atoms with van der Waals surface area (Å²) in [6, 6.07) is 7.74. The van der Waals surface area contributed by atoms with Crippen molar-refractivity contribution in [1.82, 2.24) is 4.90 Å². The predicted octanol–water partition coefficient (Wildman–Crippen LogP) is 2.22. The smallest absolute Gasteiger partial charge is 0.227 e. The highest BCUT2D eigenvalue weighted by Gasteiger charge is 2.12. The molecule has 0 fully saturated rings. The van der Waals surface area contributed by atoms with Gasteiger partial charge in [-0.1, -0.05) is 35.0 Å². The lowest BCUT2D eigenvalue weighted by Crippen LogP contribution is -2.35. The zero-order chi connectivity index (χ0) is 12.7. The Kier molecular flexibility index (Phi) is 6.22. The second-order valence-corrected chi connectivity index (χ2v) is 4.83. The van der Waals surface area contributed by atoms with E-state index in [0.717, 1.165) is 16.5 Å². The van der Waals surface area contributed by atoms with Gasteiger partial charge in [-0.05, 0) is 24.1 Å². The number of rotatable bonds is 6. The van der Waals surface area contributed by atoms with Gasteiger partial charge in [-0.15, -0.1) is 0 Å². The molecular formula is C13H18BrNO2. The highest BCUT2D eigenvalue weighted by atomic mass is 79.9. The third kappa shape index (κ3) is 4.88. The summed E-state index contributed by atoms with van der Waals surface area (Å²) in [5.74, 6) is 0.0685. The SMILES string of the molecule is CCCN(CCO)C(=O)Cc1cccc(Br)c1. The van der Waals surface area contributed by atoms with Gasteiger partial charge >= 0.3 is 0 Å². The highest BCUT2D eigenvalue weighted by Crippen LogP contribution is 2.12. The maximum Gasteiger partial charge on any atom is 0.227 e. The maximum absolute atomic E-state index is 12.0. The van der Waals surface area contributed by atoms with E-state index in [9.17, 15) is 4.79 Å². The molecule has 1 aromatic rings. The van der Waals surface area contributed by atoms with Gasteiger partial charge in [-0.2, -0.15) is 0 Å². The highest BCUT2D eigenvalue weighted by molar-refractivity contribution is 9.10. The number of carbonyl (C=O) groups is 1. The van der Waals surface area contributed by atoms with Crippen molar-refractivity contribution in [2.75, 3.05) is 19.7 Å². The van der Waals surface area contributed by atoms with Crippen molar-refractivity contribution in [2.24, 2.45) is 0 Å². The van der Waals surface area contributed by atoms with Crippen molar-refractivity contribution < 1.29 is 9.90 Å². The molecule has 3 nitrogen and oxygen atoms in total. The number of aliphatic hydroxyl groups excluding tert-OH is 1. The quantitative estimate of drug-likeness (QED) is 0.875. The fourth-order valence-electron chi connectivity index (χ4n) is 1.69. The van der Waals surface area contributed by atoms with E-state index >= 15 is 0 Å². The minimum atomic E-state index is 0.0181. The molecule has 0 aliphatic heterocycles. The summed E-state index contributed by atoms with van der Waals surface area (Å²) in [6.45, 7) is 3.16. The molecule has 1 aromatic carbocycles. The Hall–Kier alpha value is -0.870. The zero-order valence-corrected chi connectivity index (χ0v) is 11.6. The average Bonchev–Trinajstić information content (AvgIpc) is 2.28. The molecule has 1 amide bonds. The van der Waals surface area contributed by atoms with E-state index in [1.165, 1.54) is 0 Å². The monoisotopic (exact) mass is 299 g/mol. The summed E-state index contributed by atoms with van der Waals surface area (Å²) in [5, 5.41) is 8.92. The molecule has 0 atom stereocenters. The second kappa shape index (κ2) is 7.45. The number of amides is 1. The number of carbonyl (C=O) groups excluding carboxylic acids is 1. The summed E-state index contributed by atoms with van der Waals surface area (Å²) in [5.41, 5.74) is 0.989. The van der Waals surface area contributed by atoms with E-state index < -0.39 is 0 Å². The number of hydrogen-bond donors (Lipinski definition) is 1. The van der Waals surface area contributed by atoms with Crippen LogP contribution in [-0.4, -0.2) is 35.6 Å². The first-order valence-electron chi connectivity index (χ1n) is 5.80. The van der Waals surface area contributed by atoms with Crippen LogP contribution in [0.1, 0.15) is 18.9 Å². The second-order valence-electron chi connectivity index (χ2n) is 3.91. The Balaban J connectivity index is 2.62. The standard InChI is InChI=1S/C13H18BrNO2/c1-2-6-15(7-8-16)13(17)10-11-4-3-5-12(14)9-11/h3-5,9,16H,2,6-8,10H2,1H3. The first-order valence-corrected chi connectivity index (χ1v) is 6.59. The molecule has 17 heavy (non-hydrogen) atoms. The summed E-state index contributed by atoms with van der Waals surface area (Å²) in [6.07, 6.45) is 1.30. The Morgan fingerprint density at radius 2 is 2.18 bits per heavy atom. The largest absolute Gasteiger partial charge is 0.395 e. The Labute approximate surface area is 111 Å². The van der Waals surface area contributed by atoms with Crippen molar-refractivity contribution in [3.63, 3.8) is 0 Å². The minimum absolute atomic E-state index is 0.0181. The molecule has 0 spiro atoms. The third-order valence-electron chi connectivity index (χ3n) is 2.46. The van der Waals surface area contributed by atoms with E-state index in [1.807, 2.05) is 31.2 Å². The van der Waals surface area contributed by atoms with Crippen LogP contribution < -0.4 is 0 Å². The van der Waals surface area contributed by atoms with Crippen LogP contribution in [0.25, 0.3) is 0 Å². The summed E-state index contributed by atoms with van der Waals surface area (Å²) in [4.78, 5) is 13.7. The molecule has 0 heterocycles. The molecule has 0 unspecified atom stereocenters. The first kappa shape index (κ1) is 14.2. The molecule has 94 valence electrons. The van der Waals surface area contributed by atoms with Gasteiger partial charge < -0.3 is 10.0 Å². The topological polar surface area (TPSA) is 40.5 Å². The predicted molar refractivity (Wildman–Crippen MR) is 71.8 cm³/mol. The summed E-state index contributed by atoms with van der Waals surface area (Å²) < 4.78 is 0.979. The number of benzene rings is 1.